The van der Waals surface area contributed by atoms with E-state index < -0.39 is 4.92 Å². The van der Waals surface area contributed by atoms with E-state index in [2.05, 4.69) is 0 Å². The predicted molar refractivity (Wildman–Crippen MR) is 74.0 cm³/mol. The van der Waals surface area contributed by atoms with Crippen LogP contribution in [0.15, 0.2) is 18.2 Å². The quantitative estimate of drug-likeness (QED) is 0.635. The summed E-state index contributed by atoms with van der Waals surface area (Å²) in [5, 5.41) is 11.0. The van der Waals surface area contributed by atoms with Gasteiger partial charge in [-0.3, -0.25) is 14.9 Å². The highest BCUT2D eigenvalue weighted by atomic mass is 35.5. The van der Waals surface area contributed by atoms with Gasteiger partial charge in [0, 0.05) is 20.2 Å². The largest absolute Gasteiger partial charge is 0.381 e. The number of benzene rings is 1. The maximum atomic E-state index is 12.4. The van der Waals surface area contributed by atoms with Crippen LogP contribution in [-0.2, 0) is 4.74 Å². The molecule has 1 heterocycles. The molecule has 1 aliphatic rings. The predicted octanol–water partition coefficient (Wildman–Crippen LogP) is 2.50. The summed E-state index contributed by atoms with van der Waals surface area (Å²) in [4.78, 5) is 24.4. The maximum Gasteiger partial charge on any atom is 0.300 e. The highest BCUT2D eigenvalue weighted by Gasteiger charge is 2.29. The van der Waals surface area contributed by atoms with Gasteiger partial charge in [-0.2, -0.15) is 0 Å². The molecule has 1 fully saturated rings. The molecular formula is C13H15ClN2O4. The molecule has 0 radical (unpaired) electrons. The first-order chi connectivity index (χ1) is 9.54. The second-order valence-electron chi connectivity index (χ2n) is 4.62. The average molecular weight is 299 g/mol. The first-order valence-corrected chi connectivity index (χ1v) is 6.67. The third-order valence-electron chi connectivity index (χ3n) is 3.46. The van der Waals surface area contributed by atoms with E-state index in [1.807, 2.05) is 0 Å². The number of hydrogen-bond acceptors (Lipinski definition) is 4. The summed E-state index contributed by atoms with van der Waals surface area (Å²) in [6, 6.07) is 4.40. The second-order valence-corrected chi connectivity index (χ2v) is 5.03. The minimum atomic E-state index is -0.614. The van der Waals surface area contributed by atoms with Crippen molar-refractivity contribution in [3.05, 3.63) is 38.9 Å². The lowest BCUT2D eigenvalue weighted by molar-refractivity contribution is -0.385. The van der Waals surface area contributed by atoms with Crippen molar-refractivity contribution in [2.75, 3.05) is 20.2 Å². The summed E-state index contributed by atoms with van der Waals surface area (Å²) >= 11 is 5.82. The zero-order valence-corrected chi connectivity index (χ0v) is 11.8. The first-order valence-electron chi connectivity index (χ1n) is 6.29. The molecule has 0 spiro atoms. The number of nitro benzene ring substituents is 1. The lowest BCUT2D eigenvalue weighted by Gasteiger charge is -2.31. The van der Waals surface area contributed by atoms with Crippen molar-refractivity contribution < 1.29 is 14.5 Å². The van der Waals surface area contributed by atoms with Crippen molar-refractivity contribution in [1.82, 2.24) is 4.90 Å². The average Bonchev–Trinajstić information content (AvgIpc) is 2.46. The van der Waals surface area contributed by atoms with Crippen molar-refractivity contribution in [2.24, 2.45) is 0 Å². The van der Waals surface area contributed by atoms with Crippen LogP contribution < -0.4 is 0 Å². The molecule has 1 aromatic carbocycles. The molecule has 20 heavy (non-hydrogen) atoms. The maximum absolute atomic E-state index is 12.4. The Bertz CT molecular complexity index is 527. The number of hydrogen-bond donors (Lipinski definition) is 0. The number of carbonyl (C=O) groups excluding carboxylic acids is 1. The van der Waals surface area contributed by atoms with Crippen molar-refractivity contribution in [3.63, 3.8) is 0 Å². The van der Waals surface area contributed by atoms with Crippen LogP contribution in [0.3, 0.4) is 0 Å². The number of nitrogens with zero attached hydrogens (tertiary/aromatic N) is 2. The number of rotatable bonds is 3. The summed E-state index contributed by atoms with van der Waals surface area (Å²) in [7, 11) is 1.64. The molecule has 1 amide bonds. The van der Waals surface area contributed by atoms with E-state index in [-0.39, 0.29) is 28.3 Å². The molecule has 1 aromatic rings. The van der Waals surface area contributed by atoms with Crippen LogP contribution in [0.5, 0.6) is 0 Å². The summed E-state index contributed by atoms with van der Waals surface area (Å²) in [5.74, 6) is -0.353. The van der Waals surface area contributed by atoms with Gasteiger partial charge in [-0.05, 0) is 25.0 Å². The van der Waals surface area contributed by atoms with Gasteiger partial charge >= 0.3 is 5.69 Å². The summed E-state index contributed by atoms with van der Waals surface area (Å²) < 4.78 is 5.24. The lowest BCUT2D eigenvalue weighted by Crippen LogP contribution is -2.40. The molecule has 0 aromatic heterocycles. The van der Waals surface area contributed by atoms with Gasteiger partial charge in [-0.25, -0.2) is 0 Å². The van der Waals surface area contributed by atoms with E-state index in [9.17, 15) is 14.9 Å². The fourth-order valence-corrected chi connectivity index (χ4v) is 2.58. The summed E-state index contributed by atoms with van der Waals surface area (Å²) in [6.45, 7) is 1.06. The van der Waals surface area contributed by atoms with Gasteiger partial charge in [-0.15, -0.1) is 0 Å². The zero-order chi connectivity index (χ0) is 14.7. The van der Waals surface area contributed by atoms with E-state index in [0.29, 0.717) is 13.1 Å². The van der Waals surface area contributed by atoms with E-state index in [0.717, 1.165) is 12.8 Å². The van der Waals surface area contributed by atoms with Crippen molar-refractivity contribution in [2.45, 2.75) is 18.9 Å². The third-order valence-corrected chi connectivity index (χ3v) is 3.77. The lowest BCUT2D eigenvalue weighted by atomic mass is 10.1. The molecule has 0 unspecified atom stereocenters. The molecule has 0 N–H and O–H groups in total. The Balaban J connectivity index is 2.22. The normalized spacial score (nSPS) is 16.2. The molecule has 108 valence electrons. The topological polar surface area (TPSA) is 72.7 Å². The van der Waals surface area contributed by atoms with Crippen molar-refractivity contribution in [3.8, 4) is 0 Å². The fraction of sp³-hybridized carbons (Fsp3) is 0.462. The molecule has 1 saturated heterocycles. The summed E-state index contributed by atoms with van der Waals surface area (Å²) in [6.07, 6.45) is 1.61. The Labute approximate surface area is 121 Å². The van der Waals surface area contributed by atoms with E-state index >= 15 is 0 Å². The molecule has 2 rings (SSSR count). The van der Waals surface area contributed by atoms with Crippen LogP contribution in [0.25, 0.3) is 0 Å². The number of halogens is 1. The fourth-order valence-electron chi connectivity index (χ4n) is 2.34. The van der Waals surface area contributed by atoms with Crippen LogP contribution >= 0.6 is 11.6 Å². The van der Waals surface area contributed by atoms with Crippen LogP contribution in [0.2, 0.25) is 5.02 Å². The van der Waals surface area contributed by atoms with Gasteiger partial charge < -0.3 is 9.64 Å². The van der Waals surface area contributed by atoms with Gasteiger partial charge in [-0.1, -0.05) is 17.7 Å². The molecule has 0 atom stereocenters. The van der Waals surface area contributed by atoms with Gasteiger partial charge in [0.1, 0.15) is 10.6 Å². The number of methoxy groups -OCH3 is 1. The number of amides is 1. The zero-order valence-electron chi connectivity index (χ0n) is 11.0. The molecular weight excluding hydrogens is 284 g/mol. The third kappa shape index (κ3) is 2.91. The standard InChI is InChI=1S/C13H15ClN2O4/c1-20-9-5-7-15(8-6-9)13(17)10-3-2-4-11(14)12(10)16(18)19/h2-4,9H,5-8H2,1H3. The van der Waals surface area contributed by atoms with Crippen LogP contribution in [0, 0.1) is 10.1 Å². The van der Waals surface area contributed by atoms with E-state index in [4.69, 9.17) is 16.3 Å². The monoisotopic (exact) mass is 298 g/mol. The highest BCUT2D eigenvalue weighted by Crippen LogP contribution is 2.29. The van der Waals surface area contributed by atoms with Gasteiger partial charge in [0.2, 0.25) is 0 Å². The van der Waals surface area contributed by atoms with E-state index in [1.165, 1.54) is 12.1 Å². The Hall–Kier alpha value is -1.66. The highest BCUT2D eigenvalue weighted by molar-refractivity contribution is 6.33. The Morgan fingerprint density at radius 2 is 2.10 bits per heavy atom. The number of piperidine rings is 1. The van der Waals surface area contributed by atoms with E-state index in [1.54, 1.807) is 18.1 Å². The Morgan fingerprint density at radius 3 is 2.65 bits per heavy atom. The van der Waals surface area contributed by atoms with Crippen LogP contribution in [-0.4, -0.2) is 42.0 Å². The molecule has 0 aliphatic carbocycles. The molecule has 0 bridgehead atoms. The minimum absolute atomic E-state index is 0.0207. The number of nitro groups is 1. The number of para-hydroxylation sites is 1. The smallest absolute Gasteiger partial charge is 0.300 e. The van der Waals surface area contributed by atoms with Gasteiger partial charge in [0.25, 0.3) is 5.91 Å². The molecule has 1 aliphatic heterocycles. The number of ether oxygens (including phenoxy) is 1. The Kier molecular flexibility index (Phi) is 4.57. The van der Waals surface area contributed by atoms with Crippen molar-refractivity contribution >= 4 is 23.2 Å². The molecule has 7 heteroatoms. The molecule has 6 nitrogen and oxygen atoms in total. The SMILES string of the molecule is COC1CCN(C(=O)c2cccc(Cl)c2[N+](=O)[O-])CC1. The second kappa shape index (κ2) is 6.19. The summed E-state index contributed by atoms with van der Waals surface area (Å²) in [5.41, 5.74) is -0.286. The molecule has 0 saturated carbocycles. The minimum Gasteiger partial charge on any atom is -0.381 e. The van der Waals surface area contributed by atoms with Crippen LogP contribution in [0.4, 0.5) is 5.69 Å². The first kappa shape index (κ1) is 14.7. The number of likely N-dealkylation sites (tertiary alicyclic amines) is 1. The van der Waals surface area contributed by atoms with Gasteiger partial charge in [0.15, 0.2) is 0 Å². The van der Waals surface area contributed by atoms with Gasteiger partial charge in [0.05, 0.1) is 11.0 Å². The van der Waals surface area contributed by atoms with Crippen LogP contribution in [0.1, 0.15) is 23.2 Å². The van der Waals surface area contributed by atoms with Crippen molar-refractivity contribution in [1.29, 1.82) is 0 Å². The number of carbonyl (C=O) groups is 1. The Morgan fingerprint density at radius 1 is 1.45 bits per heavy atom.